The molecule has 1 aliphatic heterocycles. The van der Waals surface area contributed by atoms with E-state index in [4.69, 9.17) is 9.29 Å². The molecular weight excluding hydrogens is 233 g/mol. The fraction of sp³-hybridized carbons (Fsp3) is 0.455. The molecule has 1 heterocycles. The Kier molecular flexibility index (Phi) is 5.87. The molecule has 6 heteroatoms. The van der Waals surface area contributed by atoms with Gasteiger partial charge in [0.2, 0.25) is 0 Å². The fourth-order valence-corrected chi connectivity index (χ4v) is 2.32. The molecule has 0 aromatic heterocycles. The molecule has 17 heavy (non-hydrogen) atoms. The third kappa shape index (κ3) is 3.65. The van der Waals surface area contributed by atoms with Crippen LogP contribution in [0.2, 0.25) is 0 Å². The molecule has 0 aliphatic carbocycles. The first-order valence-electron chi connectivity index (χ1n) is 5.17. The molecule has 0 amide bonds. The quantitative estimate of drug-likeness (QED) is 0.610. The van der Waals surface area contributed by atoms with Crippen molar-refractivity contribution in [2.24, 2.45) is 0 Å². The molecule has 1 aromatic carbocycles. The molecule has 0 saturated carbocycles. The van der Waals surface area contributed by atoms with Crippen LogP contribution in [0.3, 0.4) is 0 Å². The zero-order valence-corrected chi connectivity index (χ0v) is 9.87. The first kappa shape index (κ1) is 14.9. The number of benzene rings is 1. The Hall–Kier alpha value is -0.153. The van der Waals surface area contributed by atoms with Crippen molar-refractivity contribution < 1.29 is 13.5 Å². The number of nitrogens with one attached hydrogen (secondary N) is 1. The van der Waals surface area contributed by atoms with Crippen LogP contribution in [0, 0.1) is 0 Å². The van der Waals surface area contributed by atoms with Crippen LogP contribution < -0.4 is 5.32 Å². The van der Waals surface area contributed by atoms with E-state index < -0.39 is 11.1 Å². The molecule has 0 spiro atoms. The average molecular weight is 249 g/mol. The van der Waals surface area contributed by atoms with Crippen LogP contribution in [-0.2, 0) is 15.8 Å². The Labute approximate surface area is 116 Å². The minimum atomic E-state index is -1.89. The van der Waals surface area contributed by atoms with Crippen LogP contribution >= 0.6 is 0 Å². The average Bonchev–Trinajstić information content (AvgIpc) is 2.77. The van der Waals surface area contributed by atoms with Crippen molar-refractivity contribution in [3.05, 3.63) is 29.8 Å². The van der Waals surface area contributed by atoms with Gasteiger partial charge in [-0.15, -0.1) is 0 Å². The second kappa shape index (κ2) is 6.69. The van der Waals surface area contributed by atoms with E-state index in [9.17, 15) is 4.21 Å². The molecular formula is C11H16LiNO3S. The number of hydrogen-bond donors (Lipinski definition) is 2. The monoisotopic (exact) mass is 249 g/mol. The molecule has 2 N–H and O–H groups in total. The summed E-state index contributed by atoms with van der Waals surface area (Å²) in [6.07, 6.45) is 1.20. The molecule has 0 bridgehead atoms. The second-order valence-electron chi connectivity index (χ2n) is 3.87. The van der Waals surface area contributed by atoms with Gasteiger partial charge in [-0.25, -0.2) is 4.21 Å². The van der Waals surface area contributed by atoms with Crippen LogP contribution in [0.15, 0.2) is 29.2 Å². The Morgan fingerprint density at radius 2 is 2.06 bits per heavy atom. The predicted molar refractivity (Wildman–Crippen MR) is 68.8 cm³/mol. The summed E-state index contributed by atoms with van der Waals surface area (Å²) in [5.41, 5.74) is 1.13. The third-order valence-electron chi connectivity index (χ3n) is 2.91. The van der Waals surface area contributed by atoms with Gasteiger partial charge in [0.1, 0.15) is 0 Å². The second-order valence-corrected chi connectivity index (χ2v) is 4.84. The van der Waals surface area contributed by atoms with Gasteiger partial charge in [-0.2, -0.15) is 0 Å². The van der Waals surface area contributed by atoms with Gasteiger partial charge in [-0.05, 0) is 24.1 Å². The Morgan fingerprint density at radius 3 is 2.53 bits per heavy atom. The molecule has 4 nitrogen and oxygen atoms in total. The molecule has 1 saturated heterocycles. The van der Waals surface area contributed by atoms with Crippen molar-refractivity contribution in [2.45, 2.75) is 23.5 Å². The van der Waals surface area contributed by atoms with Crippen LogP contribution in [-0.4, -0.2) is 47.4 Å². The van der Waals surface area contributed by atoms with Crippen LogP contribution in [0.4, 0.5) is 0 Å². The van der Waals surface area contributed by atoms with Gasteiger partial charge in [0.15, 0.2) is 11.1 Å². The SMILES string of the molecule is COC1CNC(c2ccc(S(=O)O)cc2)C1.[LiH]. The van der Waals surface area contributed by atoms with Crippen molar-refractivity contribution in [1.29, 1.82) is 0 Å². The van der Waals surface area contributed by atoms with Gasteiger partial charge in [-0.3, -0.25) is 0 Å². The summed E-state index contributed by atoms with van der Waals surface area (Å²) in [5.74, 6) is 0. The first-order valence-corrected chi connectivity index (χ1v) is 6.28. The number of ether oxygens (including phenoxy) is 1. The third-order valence-corrected chi connectivity index (χ3v) is 3.58. The summed E-state index contributed by atoms with van der Waals surface area (Å²) >= 11 is -1.89. The Morgan fingerprint density at radius 1 is 1.41 bits per heavy atom. The van der Waals surface area contributed by atoms with Gasteiger partial charge in [0, 0.05) is 19.7 Å². The van der Waals surface area contributed by atoms with E-state index in [0.29, 0.717) is 4.90 Å². The molecule has 3 unspecified atom stereocenters. The molecule has 1 fully saturated rings. The summed E-state index contributed by atoms with van der Waals surface area (Å²) in [5, 5.41) is 3.36. The van der Waals surface area contributed by atoms with E-state index in [1.165, 1.54) is 0 Å². The predicted octanol–water partition coefficient (Wildman–Crippen LogP) is 0.668. The maximum atomic E-state index is 10.8. The van der Waals surface area contributed by atoms with E-state index in [1.807, 2.05) is 12.1 Å². The normalized spacial score (nSPS) is 25.3. The standard InChI is InChI=1S/C11H15NO3S.Li.H/c1-15-9-6-11(12-7-9)8-2-4-10(5-3-8)16(13)14;;/h2-5,9,11-12H,6-7H2,1H3,(H,13,14);;. The number of rotatable bonds is 3. The van der Waals surface area contributed by atoms with E-state index >= 15 is 0 Å². The number of methoxy groups -OCH3 is 1. The van der Waals surface area contributed by atoms with Gasteiger partial charge in [0.25, 0.3) is 0 Å². The van der Waals surface area contributed by atoms with E-state index in [0.717, 1.165) is 18.5 Å². The molecule has 2 rings (SSSR count). The first-order chi connectivity index (χ1) is 7.70. The summed E-state index contributed by atoms with van der Waals surface area (Å²) in [6.45, 7) is 0.856. The molecule has 3 atom stereocenters. The van der Waals surface area contributed by atoms with Gasteiger partial charge >= 0.3 is 18.9 Å². The Balaban J connectivity index is 0.00000144. The zero-order chi connectivity index (χ0) is 11.5. The van der Waals surface area contributed by atoms with Crippen LogP contribution in [0.5, 0.6) is 0 Å². The number of hydrogen-bond acceptors (Lipinski definition) is 3. The van der Waals surface area contributed by atoms with Gasteiger partial charge < -0.3 is 14.6 Å². The van der Waals surface area contributed by atoms with E-state index in [-0.39, 0.29) is 31.0 Å². The van der Waals surface area contributed by atoms with Crippen LogP contribution in [0.25, 0.3) is 0 Å². The molecule has 0 radical (unpaired) electrons. The maximum absolute atomic E-state index is 10.8. The summed E-state index contributed by atoms with van der Waals surface area (Å²) in [7, 11) is 1.72. The summed E-state index contributed by atoms with van der Waals surface area (Å²) in [4.78, 5) is 0.435. The van der Waals surface area contributed by atoms with Crippen molar-refractivity contribution in [2.75, 3.05) is 13.7 Å². The summed E-state index contributed by atoms with van der Waals surface area (Å²) < 4.78 is 25.0. The van der Waals surface area contributed by atoms with E-state index in [1.54, 1.807) is 19.2 Å². The van der Waals surface area contributed by atoms with E-state index in [2.05, 4.69) is 5.32 Å². The zero-order valence-electron chi connectivity index (χ0n) is 9.05. The van der Waals surface area contributed by atoms with Crippen molar-refractivity contribution in [3.63, 3.8) is 0 Å². The van der Waals surface area contributed by atoms with Crippen LogP contribution in [0.1, 0.15) is 18.0 Å². The molecule has 1 aliphatic rings. The molecule has 90 valence electrons. The van der Waals surface area contributed by atoms with Crippen molar-refractivity contribution >= 4 is 29.9 Å². The van der Waals surface area contributed by atoms with Gasteiger partial charge in [0.05, 0.1) is 11.0 Å². The van der Waals surface area contributed by atoms with Crippen molar-refractivity contribution in [3.8, 4) is 0 Å². The summed E-state index contributed by atoms with van der Waals surface area (Å²) in [6, 6.07) is 7.44. The Bertz CT molecular complexity index is 385. The minimum absolute atomic E-state index is 0. The van der Waals surface area contributed by atoms with Gasteiger partial charge in [-0.1, -0.05) is 12.1 Å². The van der Waals surface area contributed by atoms with Crippen molar-refractivity contribution in [1.82, 2.24) is 5.32 Å². The topological polar surface area (TPSA) is 58.6 Å². The molecule has 1 aromatic rings. The fourth-order valence-electron chi connectivity index (χ4n) is 1.95.